The fraction of sp³-hybridized carbons (Fsp3) is 0.100. The first kappa shape index (κ1) is 19.7. The Morgan fingerprint density at radius 2 is 1.20 bits per heavy atom. The highest BCUT2D eigenvalue weighted by Crippen LogP contribution is 2.39. The second-order valence-electron chi connectivity index (χ2n) is 6.51. The SMILES string of the molecule is O=C1N=C(c2ccc(C(F)(F)F)cc2)c2c(O)[nH]c(-c3ccc(C(F)(F)F)cc3)c21. The van der Waals surface area contributed by atoms with Crippen LogP contribution < -0.4 is 0 Å². The van der Waals surface area contributed by atoms with Crippen molar-refractivity contribution in [3.63, 3.8) is 0 Å². The van der Waals surface area contributed by atoms with E-state index in [0.717, 1.165) is 48.5 Å². The smallest absolute Gasteiger partial charge is 0.416 e. The third-order valence-electron chi connectivity index (χ3n) is 4.63. The van der Waals surface area contributed by atoms with Crippen LogP contribution in [0.15, 0.2) is 53.5 Å². The Morgan fingerprint density at radius 3 is 1.67 bits per heavy atom. The predicted octanol–water partition coefficient (Wildman–Crippen LogP) is 5.42. The molecule has 154 valence electrons. The molecule has 4 nitrogen and oxygen atoms in total. The van der Waals surface area contributed by atoms with Gasteiger partial charge < -0.3 is 10.1 Å². The molecule has 0 atom stereocenters. The summed E-state index contributed by atoms with van der Waals surface area (Å²) in [4.78, 5) is 18.8. The van der Waals surface area contributed by atoms with Gasteiger partial charge in [0.05, 0.1) is 33.7 Å². The van der Waals surface area contributed by atoms with E-state index in [1.165, 1.54) is 0 Å². The molecule has 3 aromatic rings. The minimum Gasteiger partial charge on any atom is -0.494 e. The molecule has 10 heteroatoms. The fourth-order valence-electron chi connectivity index (χ4n) is 3.21. The van der Waals surface area contributed by atoms with Gasteiger partial charge in [-0.15, -0.1) is 0 Å². The number of amides is 1. The first-order valence-corrected chi connectivity index (χ1v) is 8.40. The van der Waals surface area contributed by atoms with Crippen molar-refractivity contribution in [2.75, 3.05) is 0 Å². The Morgan fingerprint density at radius 1 is 0.733 bits per heavy atom. The quantitative estimate of drug-likeness (QED) is 0.540. The molecule has 0 spiro atoms. The second kappa shape index (κ2) is 6.48. The number of benzene rings is 2. The summed E-state index contributed by atoms with van der Waals surface area (Å²) in [6.45, 7) is 0. The lowest BCUT2D eigenvalue weighted by atomic mass is 9.99. The number of aliphatic imine (C=N–C) groups is 1. The summed E-state index contributed by atoms with van der Waals surface area (Å²) in [6.07, 6.45) is -9.07. The van der Waals surface area contributed by atoms with Crippen LogP contribution in [0.3, 0.4) is 0 Å². The van der Waals surface area contributed by atoms with Gasteiger partial charge in [0, 0.05) is 5.56 Å². The maximum absolute atomic E-state index is 12.8. The molecule has 0 fully saturated rings. The number of aromatic nitrogens is 1. The number of aromatic amines is 1. The van der Waals surface area contributed by atoms with Gasteiger partial charge in [-0.2, -0.15) is 26.3 Å². The van der Waals surface area contributed by atoms with Gasteiger partial charge in [-0.25, -0.2) is 4.99 Å². The van der Waals surface area contributed by atoms with Crippen molar-refractivity contribution in [3.8, 4) is 17.1 Å². The summed E-state index contributed by atoms with van der Waals surface area (Å²) in [7, 11) is 0. The molecule has 1 aliphatic heterocycles. The molecule has 0 aliphatic carbocycles. The van der Waals surface area contributed by atoms with Crippen molar-refractivity contribution < 1.29 is 36.2 Å². The highest BCUT2D eigenvalue weighted by Gasteiger charge is 2.35. The second-order valence-corrected chi connectivity index (χ2v) is 6.51. The van der Waals surface area contributed by atoms with Gasteiger partial charge >= 0.3 is 12.4 Å². The number of nitrogens with zero attached hydrogens (tertiary/aromatic N) is 1. The molecule has 2 N–H and O–H groups in total. The van der Waals surface area contributed by atoms with E-state index >= 15 is 0 Å². The Hall–Kier alpha value is -3.56. The number of carbonyl (C=O) groups excluding carboxylic acids is 1. The zero-order chi connectivity index (χ0) is 21.8. The Kier molecular flexibility index (Phi) is 4.26. The summed E-state index contributed by atoms with van der Waals surface area (Å²) >= 11 is 0. The highest BCUT2D eigenvalue weighted by atomic mass is 19.4. The summed E-state index contributed by atoms with van der Waals surface area (Å²) < 4.78 is 76.5. The Bertz CT molecular complexity index is 1170. The maximum atomic E-state index is 12.8. The van der Waals surface area contributed by atoms with Crippen LogP contribution in [0.25, 0.3) is 11.3 Å². The predicted molar refractivity (Wildman–Crippen MR) is 94.3 cm³/mol. The first-order chi connectivity index (χ1) is 14.0. The van der Waals surface area contributed by atoms with Crippen molar-refractivity contribution in [1.29, 1.82) is 0 Å². The molecule has 0 bridgehead atoms. The Balaban J connectivity index is 1.75. The number of carbonyl (C=O) groups is 1. The molecule has 2 heterocycles. The summed E-state index contributed by atoms with van der Waals surface area (Å²) in [6, 6.07) is 7.81. The van der Waals surface area contributed by atoms with Crippen molar-refractivity contribution in [3.05, 3.63) is 76.3 Å². The third-order valence-corrected chi connectivity index (χ3v) is 4.63. The van der Waals surface area contributed by atoms with Crippen molar-refractivity contribution in [2.45, 2.75) is 12.4 Å². The largest absolute Gasteiger partial charge is 0.494 e. The molecule has 2 aromatic carbocycles. The average Bonchev–Trinajstić information content (AvgIpc) is 3.19. The number of hydrogen-bond donors (Lipinski definition) is 2. The molecular weight excluding hydrogens is 414 g/mol. The van der Waals surface area contributed by atoms with E-state index in [2.05, 4.69) is 9.98 Å². The van der Waals surface area contributed by atoms with E-state index in [4.69, 9.17) is 0 Å². The van der Waals surface area contributed by atoms with Gasteiger partial charge in [0.25, 0.3) is 5.91 Å². The van der Waals surface area contributed by atoms with Crippen LogP contribution in [-0.4, -0.2) is 21.7 Å². The molecule has 0 saturated heterocycles. The molecule has 0 unspecified atom stereocenters. The lowest BCUT2D eigenvalue weighted by Crippen LogP contribution is -2.06. The van der Waals surface area contributed by atoms with Crippen molar-refractivity contribution in [1.82, 2.24) is 4.98 Å². The number of fused-ring (bicyclic) bond motifs is 1. The minimum atomic E-state index is -4.54. The van der Waals surface area contributed by atoms with Gasteiger partial charge in [0.15, 0.2) is 5.88 Å². The average molecular weight is 424 g/mol. The molecule has 1 aromatic heterocycles. The van der Waals surface area contributed by atoms with E-state index in [1.54, 1.807) is 0 Å². The van der Waals surface area contributed by atoms with Gasteiger partial charge in [0.2, 0.25) is 0 Å². The molecule has 1 amide bonds. The van der Waals surface area contributed by atoms with Crippen LogP contribution >= 0.6 is 0 Å². The van der Waals surface area contributed by atoms with Gasteiger partial charge in [-0.3, -0.25) is 4.79 Å². The molecule has 0 radical (unpaired) electrons. The van der Waals surface area contributed by atoms with E-state index in [9.17, 15) is 36.2 Å². The van der Waals surface area contributed by atoms with Gasteiger partial charge in [-0.05, 0) is 29.8 Å². The third kappa shape index (κ3) is 3.23. The van der Waals surface area contributed by atoms with Crippen LogP contribution in [0.1, 0.15) is 32.6 Å². The van der Waals surface area contributed by atoms with Crippen LogP contribution in [0.2, 0.25) is 0 Å². The van der Waals surface area contributed by atoms with Gasteiger partial charge in [0.1, 0.15) is 0 Å². The Labute approximate surface area is 164 Å². The molecule has 30 heavy (non-hydrogen) atoms. The number of rotatable bonds is 2. The molecular formula is C20H10F6N2O2. The number of halogens is 6. The van der Waals surface area contributed by atoms with Crippen molar-refractivity contribution in [2.24, 2.45) is 4.99 Å². The topological polar surface area (TPSA) is 65.4 Å². The number of aromatic hydroxyl groups is 1. The standard InChI is InChI=1S/C20H10F6N2O2/c21-19(22,23)11-5-1-9(2-6-11)15-13-14(18(30)27-15)16(28-17(13)29)10-3-7-12(8-4-10)20(24,25)26/h1-8,27,30H. The molecule has 1 aliphatic rings. The zero-order valence-corrected chi connectivity index (χ0v) is 14.7. The number of H-pyrrole nitrogens is 1. The lowest BCUT2D eigenvalue weighted by molar-refractivity contribution is -0.138. The van der Waals surface area contributed by atoms with Gasteiger partial charge in [-0.1, -0.05) is 24.3 Å². The fourth-order valence-corrected chi connectivity index (χ4v) is 3.21. The van der Waals surface area contributed by atoms with Crippen molar-refractivity contribution >= 4 is 11.6 Å². The summed E-state index contributed by atoms with van der Waals surface area (Å²) in [5, 5.41) is 10.3. The summed E-state index contributed by atoms with van der Waals surface area (Å²) in [5.41, 5.74) is -1.45. The summed E-state index contributed by atoms with van der Waals surface area (Å²) in [5.74, 6) is -1.24. The number of alkyl halides is 6. The maximum Gasteiger partial charge on any atom is 0.416 e. The molecule has 0 saturated carbocycles. The van der Waals surface area contributed by atoms with Crippen LogP contribution in [-0.2, 0) is 12.4 Å². The number of nitrogens with one attached hydrogen (secondary N) is 1. The van der Waals surface area contributed by atoms with Crippen LogP contribution in [0, 0.1) is 0 Å². The van der Waals surface area contributed by atoms with E-state index < -0.39 is 35.3 Å². The first-order valence-electron chi connectivity index (χ1n) is 8.40. The normalized spacial score (nSPS) is 14.1. The zero-order valence-electron chi connectivity index (χ0n) is 14.7. The van der Waals surface area contributed by atoms with E-state index in [0.29, 0.717) is 0 Å². The molecule has 4 rings (SSSR count). The number of hydrogen-bond acceptors (Lipinski definition) is 2. The highest BCUT2D eigenvalue weighted by molar-refractivity contribution is 6.30. The van der Waals surface area contributed by atoms with Crippen LogP contribution in [0.5, 0.6) is 5.88 Å². The lowest BCUT2D eigenvalue weighted by Gasteiger charge is -2.07. The monoisotopic (exact) mass is 424 g/mol. The van der Waals surface area contributed by atoms with E-state index in [-0.39, 0.29) is 33.7 Å². The van der Waals surface area contributed by atoms with E-state index in [1.807, 2.05) is 0 Å². The van der Waals surface area contributed by atoms with Crippen LogP contribution in [0.4, 0.5) is 26.3 Å². The minimum absolute atomic E-state index is 0.0188.